The predicted octanol–water partition coefficient (Wildman–Crippen LogP) is 16.9. The Morgan fingerprint density at radius 3 is 1.07 bits per heavy atom. The fourth-order valence-corrected chi connectivity index (χ4v) is 10.8. The summed E-state index contributed by atoms with van der Waals surface area (Å²) in [6.45, 7) is 0. The molecule has 8 N–H and O–H groups in total. The molecule has 8 aromatic heterocycles. The van der Waals surface area contributed by atoms with Crippen LogP contribution in [0.2, 0.25) is 10.0 Å². The lowest BCUT2D eigenvalue weighted by molar-refractivity contribution is -0.137. The van der Waals surface area contributed by atoms with Crippen LogP contribution in [-0.4, -0.2) is 91.5 Å². The first-order chi connectivity index (χ1) is 49.6. The number of rotatable bonds is 12. The van der Waals surface area contributed by atoms with Gasteiger partial charge in [0, 0.05) is 54.4 Å². The van der Waals surface area contributed by atoms with E-state index in [9.17, 15) is 36.9 Å². The molecule has 24 nitrogen and oxygen atoms in total. The van der Waals surface area contributed by atoms with Gasteiger partial charge in [0.2, 0.25) is 11.4 Å². The molecule has 102 heavy (non-hydrogen) atoms. The largest absolute Gasteiger partial charge is 0.417 e. The number of nitriles is 2. The molecule has 0 amide bonds. The van der Waals surface area contributed by atoms with E-state index in [4.69, 9.17) is 23.2 Å². The second-order valence-electron chi connectivity index (χ2n) is 21.6. The van der Waals surface area contributed by atoms with Gasteiger partial charge >= 0.3 is 12.4 Å². The van der Waals surface area contributed by atoms with Crippen LogP contribution in [0.5, 0.6) is 0 Å². The molecule has 0 saturated carbocycles. The van der Waals surface area contributed by atoms with Crippen LogP contribution < -0.4 is 21.3 Å². The van der Waals surface area contributed by atoms with Crippen LogP contribution in [0, 0.1) is 22.7 Å². The first-order valence-electron chi connectivity index (χ1n) is 30.2. The van der Waals surface area contributed by atoms with Gasteiger partial charge in [-0.25, -0.2) is 9.97 Å². The summed E-state index contributed by atoms with van der Waals surface area (Å²) in [5.41, 5.74) is 4.28. The highest BCUT2D eigenvalue weighted by atomic mass is 35.5. The van der Waals surface area contributed by atoms with Gasteiger partial charge in [0.15, 0.2) is 58.2 Å². The summed E-state index contributed by atoms with van der Waals surface area (Å²) >= 11 is 12.4. The van der Waals surface area contributed by atoms with Gasteiger partial charge in [-0.15, -0.1) is 30.6 Å². The highest BCUT2D eigenvalue weighted by Gasteiger charge is 2.35. The summed E-state index contributed by atoms with van der Waals surface area (Å²) in [6.07, 6.45) is -6.04. The molecular formula is C70H44Cl2F6N24. The van der Waals surface area contributed by atoms with E-state index < -0.39 is 23.5 Å². The maximum absolute atomic E-state index is 13.3. The number of aromatic nitrogens is 18. The highest BCUT2D eigenvalue weighted by molar-refractivity contribution is 6.33. The van der Waals surface area contributed by atoms with E-state index in [2.05, 4.69) is 113 Å². The van der Waals surface area contributed by atoms with Crippen LogP contribution in [-0.2, 0) is 12.4 Å². The van der Waals surface area contributed by atoms with Crippen LogP contribution in [0.1, 0.15) is 22.5 Å². The Kier molecular flexibility index (Phi) is 19.3. The summed E-state index contributed by atoms with van der Waals surface area (Å²) in [7, 11) is 0. The third-order valence-electron chi connectivity index (χ3n) is 15.1. The maximum Gasteiger partial charge on any atom is 0.417 e. The van der Waals surface area contributed by atoms with Gasteiger partial charge in [-0.2, -0.15) is 67.5 Å². The van der Waals surface area contributed by atoms with E-state index in [1.54, 1.807) is 36.5 Å². The smallest absolute Gasteiger partial charge is 0.321 e. The normalized spacial score (nSPS) is 11.1. The Labute approximate surface area is 581 Å². The number of para-hydroxylation sites is 4. The molecule has 0 saturated heterocycles. The first-order valence-corrected chi connectivity index (χ1v) is 30.9. The summed E-state index contributed by atoms with van der Waals surface area (Å²) in [4.78, 5) is 8.52. The van der Waals surface area contributed by atoms with Crippen LogP contribution in [0.15, 0.2) is 219 Å². The van der Waals surface area contributed by atoms with Gasteiger partial charge in [0.25, 0.3) is 0 Å². The number of benzene rings is 8. The lowest BCUT2D eigenvalue weighted by Crippen LogP contribution is -2.10. The highest BCUT2D eigenvalue weighted by Crippen LogP contribution is 2.39. The van der Waals surface area contributed by atoms with Crippen molar-refractivity contribution in [2.45, 2.75) is 12.4 Å². The Morgan fingerprint density at radius 1 is 0.343 bits per heavy atom. The van der Waals surface area contributed by atoms with Crippen LogP contribution in [0.3, 0.4) is 0 Å². The molecular weight excluding hydrogens is 1360 g/mol. The number of nitrogens with one attached hydrogen (secondary N) is 8. The van der Waals surface area contributed by atoms with Crippen LogP contribution >= 0.6 is 23.2 Å². The number of H-pyrrole nitrogens is 4. The Balaban J connectivity index is 0.000000122. The Hall–Kier alpha value is -13.8. The summed E-state index contributed by atoms with van der Waals surface area (Å²) in [6, 6.07) is 62.6. The number of aromatic amines is 4. The zero-order valence-corrected chi connectivity index (χ0v) is 53.5. The summed E-state index contributed by atoms with van der Waals surface area (Å²) in [5.74, 6) is 3.37. The number of hydrogen-bond acceptors (Lipinski definition) is 20. The number of halogens is 8. The molecule has 32 heteroatoms. The standard InChI is InChI=1S/C18H10F3N7.C18H12F3N5.C17H10ClN7.C17H12ClN5/c19-18(20,21)12-7-3-1-5-10(12)15-23-17(14(9-22)26-27-15)24-16-11-6-2-4-8-13(11)25-28-16;19-18(20,21)14-7-3-1-5-12(14)11-9-16(25-22-10-11)23-17-13-6-2-4-8-15(13)24-26-17;18-12-7-3-1-5-10(12)15-20-17(14(9-19)23-24-15)21-16-11-6-2-4-8-13(11)22-25-16;18-14-7-3-1-5-12(14)11-9-16(22-19-10-11)20-17-13-6-2-4-8-15(13)21-23-17/h1-8H,(H2,23,24,25,27,28);1-10H,(H2,23,24,25,26);1-8H,(H2,20,21,22,24,25);1-10H,(H2,20,21,22,23). The zero-order valence-electron chi connectivity index (χ0n) is 52.0. The molecule has 0 unspecified atom stereocenters. The minimum absolute atomic E-state index is 0.0401. The molecule has 0 aliphatic carbocycles. The molecule has 0 aliphatic heterocycles. The van der Waals surface area contributed by atoms with Crippen LogP contribution in [0.25, 0.3) is 88.6 Å². The van der Waals surface area contributed by atoms with E-state index in [0.717, 1.165) is 66.9 Å². The molecule has 0 spiro atoms. The number of anilines is 8. The van der Waals surface area contributed by atoms with Crippen molar-refractivity contribution in [1.82, 2.24) is 91.5 Å². The summed E-state index contributed by atoms with van der Waals surface area (Å²) in [5, 5.41) is 95.0. The van der Waals surface area contributed by atoms with Gasteiger partial charge < -0.3 is 21.3 Å². The monoisotopic (exact) mass is 1400 g/mol. The fraction of sp³-hybridized carbons (Fsp3) is 0.0286. The molecule has 0 bridgehead atoms. The molecule has 0 radical (unpaired) electrons. The molecule has 8 aromatic carbocycles. The third-order valence-corrected chi connectivity index (χ3v) is 15.7. The quantitative estimate of drug-likeness (QED) is 0.0527. The van der Waals surface area contributed by atoms with Crippen molar-refractivity contribution in [2.24, 2.45) is 0 Å². The van der Waals surface area contributed by atoms with Crippen LogP contribution in [0.4, 0.5) is 72.9 Å². The van der Waals surface area contributed by atoms with Crippen molar-refractivity contribution in [3.63, 3.8) is 0 Å². The number of alkyl halides is 6. The van der Waals surface area contributed by atoms with Crippen molar-refractivity contribution < 1.29 is 26.3 Å². The Bertz CT molecular complexity index is 5790. The SMILES string of the molecule is Clc1ccccc1-c1cnnc(Nc2n[nH]c3ccccc23)c1.FC(F)(F)c1ccccc1-c1cnnc(Nc2n[nH]c3ccccc23)c1.N#Cc1nnc(-c2ccccc2C(F)(F)F)nc1Nc1n[nH]c2ccccc12.N#Cc1nnc(-c2ccccc2Cl)nc1Nc1n[nH]c2ccccc12. The van der Waals surface area contributed by atoms with E-state index in [0.29, 0.717) is 61.9 Å². The minimum atomic E-state index is -4.58. The molecule has 8 heterocycles. The van der Waals surface area contributed by atoms with Gasteiger partial charge in [0.1, 0.15) is 12.1 Å². The van der Waals surface area contributed by atoms with Crippen molar-refractivity contribution in [3.8, 4) is 57.2 Å². The van der Waals surface area contributed by atoms with Crippen molar-refractivity contribution in [3.05, 3.63) is 251 Å². The second kappa shape index (κ2) is 29.5. The van der Waals surface area contributed by atoms with E-state index in [-0.39, 0.29) is 40.0 Å². The van der Waals surface area contributed by atoms with Crippen molar-refractivity contribution in [1.29, 1.82) is 10.5 Å². The predicted molar refractivity (Wildman–Crippen MR) is 372 cm³/mol. The second-order valence-corrected chi connectivity index (χ2v) is 22.4. The first kappa shape index (κ1) is 66.8. The van der Waals surface area contributed by atoms with Gasteiger partial charge in [-0.05, 0) is 96.6 Å². The van der Waals surface area contributed by atoms with Gasteiger partial charge in [-0.3, -0.25) is 20.4 Å². The molecule has 16 aromatic rings. The number of nitrogens with zero attached hydrogens (tertiary/aromatic N) is 16. The molecule has 500 valence electrons. The van der Waals surface area contributed by atoms with Gasteiger partial charge in [-0.1, -0.05) is 138 Å². The minimum Gasteiger partial charge on any atom is -0.321 e. The lowest BCUT2D eigenvalue weighted by atomic mass is 10.0. The zero-order chi connectivity index (χ0) is 70.7. The lowest BCUT2D eigenvalue weighted by Gasteiger charge is -2.13. The molecule has 0 aliphatic rings. The molecule has 0 atom stereocenters. The van der Waals surface area contributed by atoms with E-state index in [1.807, 2.05) is 140 Å². The summed E-state index contributed by atoms with van der Waals surface area (Å²) < 4.78 is 79.7. The average molecular weight is 1410 g/mol. The Morgan fingerprint density at radius 2 is 0.667 bits per heavy atom. The van der Waals surface area contributed by atoms with Crippen molar-refractivity contribution >= 4 is 113 Å². The number of fused-ring (bicyclic) bond motifs is 4. The van der Waals surface area contributed by atoms with E-state index in [1.165, 1.54) is 42.6 Å². The molecule has 0 fully saturated rings. The van der Waals surface area contributed by atoms with E-state index >= 15 is 0 Å². The average Bonchev–Trinajstić information content (AvgIpc) is 1.77. The molecule has 16 rings (SSSR count). The fourth-order valence-electron chi connectivity index (χ4n) is 10.3. The topological polar surface area (TPSA) is 339 Å². The van der Waals surface area contributed by atoms with Crippen molar-refractivity contribution in [2.75, 3.05) is 21.3 Å². The third kappa shape index (κ3) is 15.0. The van der Waals surface area contributed by atoms with Gasteiger partial charge in [0.05, 0.1) is 50.6 Å². The number of hydrogen-bond donors (Lipinski definition) is 8. The maximum atomic E-state index is 13.3.